The van der Waals surface area contributed by atoms with Crippen molar-refractivity contribution in [3.8, 4) is 5.75 Å². The number of anilines is 1. The molecule has 0 unspecified atom stereocenters. The van der Waals surface area contributed by atoms with Gasteiger partial charge in [-0.1, -0.05) is 11.6 Å². The maximum atomic E-state index is 13.0. The normalized spacial score (nSPS) is 14.7. The van der Waals surface area contributed by atoms with E-state index in [1.165, 1.54) is 4.57 Å². The number of carbonyl (C=O) groups is 1. The topological polar surface area (TPSA) is 76.8 Å². The molecule has 1 fully saturated rings. The van der Waals surface area contributed by atoms with E-state index in [0.717, 1.165) is 6.42 Å². The molecule has 0 saturated carbocycles. The summed E-state index contributed by atoms with van der Waals surface area (Å²) in [6.45, 7) is 9.73. The molecular formula is C23H31ClN4O4. The molecule has 0 aliphatic carbocycles. The van der Waals surface area contributed by atoms with Crippen LogP contribution in [-0.4, -0.2) is 52.7 Å². The van der Waals surface area contributed by atoms with Crippen LogP contribution in [-0.2, 0) is 4.79 Å². The number of hydrogen-bond acceptors (Lipinski definition) is 5. The number of carbonyl (C=O) groups excluding carboxylic acids is 1. The average molecular weight is 463 g/mol. The quantitative estimate of drug-likeness (QED) is 0.659. The number of amides is 1. The van der Waals surface area contributed by atoms with Gasteiger partial charge in [-0.2, -0.15) is 0 Å². The Kier molecular flexibility index (Phi) is 7.66. The summed E-state index contributed by atoms with van der Waals surface area (Å²) >= 11 is 5.87. The van der Waals surface area contributed by atoms with Crippen molar-refractivity contribution in [1.82, 2.24) is 14.0 Å². The molecule has 3 rings (SSSR count). The van der Waals surface area contributed by atoms with E-state index in [-0.39, 0.29) is 35.8 Å². The smallest absolute Gasteiger partial charge is 0.333 e. The van der Waals surface area contributed by atoms with Gasteiger partial charge in [-0.3, -0.25) is 18.7 Å². The summed E-state index contributed by atoms with van der Waals surface area (Å²) in [6.07, 6.45) is 0.728. The minimum absolute atomic E-state index is 0.0528. The lowest BCUT2D eigenvalue weighted by atomic mass is 10.3. The first-order valence-corrected chi connectivity index (χ1v) is 11.4. The molecule has 0 radical (unpaired) electrons. The van der Waals surface area contributed by atoms with E-state index in [1.54, 1.807) is 39.8 Å². The third-order valence-corrected chi connectivity index (χ3v) is 5.78. The molecular weight excluding hydrogens is 432 g/mol. The van der Waals surface area contributed by atoms with Crippen molar-refractivity contribution >= 4 is 23.3 Å². The predicted molar refractivity (Wildman–Crippen MR) is 126 cm³/mol. The third-order valence-electron chi connectivity index (χ3n) is 5.53. The molecule has 0 spiro atoms. The molecule has 1 amide bonds. The van der Waals surface area contributed by atoms with Gasteiger partial charge >= 0.3 is 5.69 Å². The Bertz CT molecular complexity index is 1060. The number of ether oxygens (including phenoxy) is 1. The zero-order valence-electron chi connectivity index (χ0n) is 19.1. The van der Waals surface area contributed by atoms with Crippen molar-refractivity contribution < 1.29 is 9.53 Å². The van der Waals surface area contributed by atoms with Gasteiger partial charge in [0.1, 0.15) is 11.6 Å². The van der Waals surface area contributed by atoms with Crippen LogP contribution in [0.5, 0.6) is 5.75 Å². The number of hydrogen-bond donors (Lipinski definition) is 0. The molecule has 1 aromatic carbocycles. The molecule has 174 valence electrons. The summed E-state index contributed by atoms with van der Waals surface area (Å²) < 4.78 is 8.55. The highest BCUT2D eigenvalue weighted by Gasteiger charge is 2.24. The van der Waals surface area contributed by atoms with Gasteiger partial charge in [0, 0.05) is 49.4 Å². The first-order chi connectivity index (χ1) is 15.2. The Hall–Kier alpha value is -2.74. The van der Waals surface area contributed by atoms with E-state index in [1.807, 2.05) is 32.6 Å². The van der Waals surface area contributed by atoms with Gasteiger partial charge in [0.15, 0.2) is 6.61 Å². The minimum Gasteiger partial charge on any atom is -0.484 e. The Balaban J connectivity index is 1.73. The highest BCUT2D eigenvalue weighted by molar-refractivity contribution is 6.30. The van der Waals surface area contributed by atoms with Gasteiger partial charge in [0.05, 0.1) is 0 Å². The Morgan fingerprint density at radius 2 is 1.62 bits per heavy atom. The molecule has 1 aliphatic rings. The van der Waals surface area contributed by atoms with Crippen molar-refractivity contribution in [3.63, 3.8) is 0 Å². The van der Waals surface area contributed by atoms with Crippen LogP contribution < -0.4 is 20.9 Å². The highest BCUT2D eigenvalue weighted by Crippen LogP contribution is 2.19. The minimum atomic E-state index is -0.301. The van der Waals surface area contributed by atoms with Gasteiger partial charge in [0.2, 0.25) is 0 Å². The van der Waals surface area contributed by atoms with Crippen LogP contribution in [0.2, 0.25) is 5.02 Å². The first kappa shape index (κ1) is 23.9. The predicted octanol–water partition coefficient (Wildman–Crippen LogP) is 2.94. The van der Waals surface area contributed by atoms with E-state index in [0.29, 0.717) is 42.8 Å². The van der Waals surface area contributed by atoms with Crippen LogP contribution in [0.15, 0.2) is 39.9 Å². The average Bonchev–Trinajstić information content (AvgIpc) is 2.98. The molecule has 0 N–H and O–H groups in total. The molecule has 1 saturated heterocycles. The molecule has 0 atom stereocenters. The van der Waals surface area contributed by atoms with Gasteiger partial charge in [0.25, 0.3) is 11.5 Å². The van der Waals surface area contributed by atoms with Gasteiger partial charge in [-0.05, 0) is 58.4 Å². The second-order valence-corrected chi connectivity index (χ2v) is 8.95. The highest BCUT2D eigenvalue weighted by atomic mass is 35.5. The first-order valence-electron chi connectivity index (χ1n) is 11.0. The number of aromatic nitrogens is 2. The van der Waals surface area contributed by atoms with E-state index in [9.17, 15) is 14.4 Å². The van der Waals surface area contributed by atoms with Crippen LogP contribution in [0.3, 0.4) is 0 Å². The third kappa shape index (κ3) is 5.35. The van der Waals surface area contributed by atoms with E-state index in [4.69, 9.17) is 16.3 Å². The standard InChI is InChI=1S/C23H31ClN4O4/c1-16(2)27-20(14-21(29)28(17(3)4)23(27)31)25-10-5-11-26(13-12-25)22(30)15-32-19-8-6-18(24)7-9-19/h6-9,14,16-17H,5,10-13,15H2,1-4H3. The molecule has 2 heterocycles. The largest absolute Gasteiger partial charge is 0.484 e. The lowest BCUT2D eigenvalue weighted by Crippen LogP contribution is -2.45. The molecule has 32 heavy (non-hydrogen) atoms. The summed E-state index contributed by atoms with van der Waals surface area (Å²) in [5.74, 6) is 1.10. The SMILES string of the molecule is CC(C)n1c(N2CCCN(C(=O)COc3ccc(Cl)cc3)CC2)cc(=O)n(C(C)C)c1=O. The van der Waals surface area contributed by atoms with Gasteiger partial charge in [-0.25, -0.2) is 4.79 Å². The van der Waals surface area contributed by atoms with Crippen LogP contribution in [0.25, 0.3) is 0 Å². The second kappa shape index (κ2) is 10.3. The Morgan fingerprint density at radius 3 is 2.25 bits per heavy atom. The fourth-order valence-electron chi connectivity index (χ4n) is 3.93. The van der Waals surface area contributed by atoms with Crippen molar-refractivity contribution in [3.05, 3.63) is 56.2 Å². The number of rotatable bonds is 6. The van der Waals surface area contributed by atoms with Crippen molar-refractivity contribution in [2.75, 3.05) is 37.7 Å². The zero-order chi connectivity index (χ0) is 23.4. The number of halogens is 1. The van der Waals surface area contributed by atoms with Crippen molar-refractivity contribution in [2.45, 2.75) is 46.2 Å². The Labute approximate surface area is 193 Å². The molecule has 0 bridgehead atoms. The van der Waals surface area contributed by atoms with Gasteiger partial charge < -0.3 is 14.5 Å². The maximum absolute atomic E-state index is 13.0. The monoisotopic (exact) mass is 462 g/mol. The summed E-state index contributed by atoms with van der Waals surface area (Å²) in [7, 11) is 0. The van der Waals surface area contributed by atoms with Crippen molar-refractivity contribution in [2.24, 2.45) is 0 Å². The van der Waals surface area contributed by atoms with E-state index in [2.05, 4.69) is 0 Å². The zero-order valence-corrected chi connectivity index (χ0v) is 19.8. The lowest BCUT2D eigenvalue weighted by Gasteiger charge is -2.28. The summed E-state index contributed by atoms with van der Waals surface area (Å²) in [4.78, 5) is 42.2. The fourth-order valence-corrected chi connectivity index (χ4v) is 4.05. The maximum Gasteiger partial charge on any atom is 0.333 e. The van der Waals surface area contributed by atoms with Crippen LogP contribution >= 0.6 is 11.6 Å². The summed E-state index contributed by atoms with van der Waals surface area (Å²) in [5, 5.41) is 0.609. The van der Waals surface area contributed by atoms with E-state index < -0.39 is 0 Å². The van der Waals surface area contributed by atoms with Crippen LogP contribution in [0.4, 0.5) is 5.82 Å². The van der Waals surface area contributed by atoms with Crippen molar-refractivity contribution in [1.29, 1.82) is 0 Å². The van der Waals surface area contributed by atoms with Crippen LogP contribution in [0.1, 0.15) is 46.2 Å². The summed E-state index contributed by atoms with van der Waals surface area (Å²) in [5.41, 5.74) is -0.600. The Morgan fingerprint density at radius 1 is 0.969 bits per heavy atom. The van der Waals surface area contributed by atoms with E-state index >= 15 is 0 Å². The van der Waals surface area contributed by atoms with Crippen LogP contribution in [0, 0.1) is 0 Å². The number of benzene rings is 1. The lowest BCUT2D eigenvalue weighted by molar-refractivity contribution is -0.133. The molecule has 2 aromatic rings. The molecule has 8 nitrogen and oxygen atoms in total. The molecule has 1 aliphatic heterocycles. The fraction of sp³-hybridized carbons (Fsp3) is 0.522. The molecule has 9 heteroatoms. The van der Waals surface area contributed by atoms with Gasteiger partial charge in [-0.15, -0.1) is 0 Å². The molecule has 1 aromatic heterocycles. The summed E-state index contributed by atoms with van der Waals surface area (Å²) in [6, 6.07) is 8.11. The number of nitrogens with zero attached hydrogens (tertiary/aromatic N) is 4. The second-order valence-electron chi connectivity index (χ2n) is 8.51.